The van der Waals surface area contributed by atoms with E-state index in [-0.39, 0.29) is 34.5 Å². The minimum atomic E-state index is -0.940. The number of aliphatic hydroxyl groups is 2. The van der Waals surface area contributed by atoms with Gasteiger partial charge in [-0.2, -0.15) is 0 Å². The number of H-pyrrole nitrogens is 1. The van der Waals surface area contributed by atoms with Crippen molar-refractivity contribution in [2.24, 2.45) is 52.3 Å². The fraction of sp³-hybridized carbons (Fsp3) is 0.750. The number of nitrogens with zero attached hydrogens (tertiary/aromatic N) is 1. The molecule has 4 saturated carbocycles. The first-order valence-electron chi connectivity index (χ1n) is 15.2. The van der Waals surface area contributed by atoms with Crippen molar-refractivity contribution >= 4 is 17.0 Å². The third kappa shape index (κ3) is 3.80. The standard InChI is InChI=1S/C32H46N2O4/c1-5-19-24-16-18(35)11-13-32(24,4)23-12-14-31(3)21(9-10-22(31)27(23)29(19)36)17(2)15-26-33-25-8-6-7-20(30(37)38)28(25)34-26/h6-8,17-19,21-24,27,29,35-36H,5,9-16H2,1-4H3,(H,33,34)(H,37,38)/t17-,18-,19-,21-,22?,23?,24+,27?,29?,31-,32-/m1/s1. The van der Waals surface area contributed by atoms with Crippen LogP contribution in [0.4, 0.5) is 0 Å². The van der Waals surface area contributed by atoms with E-state index in [2.05, 4.69) is 32.7 Å². The zero-order valence-corrected chi connectivity index (χ0v) is 23.5. The zero-order valence-electron chi connectivity index (χ0n) is 23.5. The number of aromatic amines is 1. The molecule has 0 bridgehead atoms. The van der Waals surface area contributed by atoms with Crippen molar-refractivity contribution in [1.82, 2.24) is 9.97 Å². The number of aromatic nitrogens is 2. The summed E-state index contributed by atoms with van der Waals surface area (Å²) in [7, 11) is 0. The molecule has 0 spiro atoms. The molecule has 6 nitrogen and oxygen atoms in total. The highest BCUT2D eigenvalue weighted by Crippen LogP contribution is 2.69. The van der Waals surface area contributed by atoms with E-state index in [0.717, 1.165) is 43.4 Å². The van der Waals surface area contributed by atoms with Gasteiger partial charge in [0.1, 0.15) is 11.3 Å². The van der Waals surface area contributed by atoms with Crippen LogP contribution in [-0.4, -0.2) is 43.5 Å². The van der Waals surface area contributed by atoms with Gasteiger partial charge in [0.2, 0.25) is 0 Å². The zero-order chi connectivity index (χ0) is 27.0. The number of hydrogen-bond donors (Lipinski definition) is 4. The maximum absolute atomic E-state index is 11.9. The average molecular weight is 523 g/mol. The normalized spacial score (nSPS) is 43.3. The van der Waals surface area contributed by atoms with Crippen LogP contribution in [0.1, 0.15) is 95.2 Å². The number of carbonyl (C=O) groups is 1. The minimum Gasteiger partial charge on any atom is -0.478 e. The molecule has 0 amide bonds. The SMILES string of the molecule is CC[C@H]1C(O)C2C3CC[C@H]([C@H](C)Cc4nc5c(C(=O)O)cccc5[nH]4)[C@@]3(C)CCC2[C@@]2(C)CC[C@@H](O)C[C@@H]12. The van der Waals surface area contributed by atoms with E-state index in [9.17, 15) is 20.1 Å². The topological polar surface area (TPSA) is 106 Å². The summed E-state index contributed by atoms with van der Waals surface area (Å²) in [5.74, 6) is 3.08. The lowest BCUT2D eigenvalue weighted by atomic mass is 9.41. The van der Waals surface area contributed by atoms with Gasteiger partial charge < -0.3 is 20.3 Å². The van der Waals surface area contributed by atoms with Gasteiger partial charge in [-0.25, -0.2) is 9.78 Å². The Morgan fingerprint density at radius 3 is 2.55 bits per heavy atom. The minimum absolute atomic E-state index is 0.204. The monoisotopic (exact) mass is 522 g/mol. The molecule has 0 aliphatic heterocycles. The Labute approximate surface area is 226 Å². The molecule has 6 rings (SSSR count). The predicted molar refractivity (Wildman–Crippen MR) is 148 cm³/mol. The van der Waals surface area contributed by atoms with E-state index in [1.807, 2.05) is 6.07 Å². The van der Waals surface area contributed by atoms with E-state index in [0.29, 0.717) is 41.0 Å². The first-order valence-corrected chi connectivity index (χ1v) is 15.2. The highest BCUT2D eigenvalue weighted by atomic mass is 16.4. The smallest absolute Gasteiger partial charge is 0.337 e. The first kappa shape index (κ1) is 26.3. The number of aliphatic hydroxyl groups excluding tert-OH is 2. The quantitative estimate of drug-likeness (QED) is 0.382. The van der Waals surface area contributed by atoms with Crippen LogP contribution >= 0.6 is 0 Å². The Bertz CT molecular complexity index is 1210. The molecule has 1 aromatic heterocycles. The van der Waals surface area contributed by atoms with E-state index >= 15 is 0 Å². The Morgan fingerprint density at radius 2 is 1.82 bits per heavy atom. The van der Waals surface area contributed by atoms with Crippen molar-refractivity contribution in [1.29, 1.82) is 0 Å². The third-order valence-corrected chi connectivity index (χ3v) is 12.5. The summed E-state index contributed by atoms with van der Waals surface area (Å²) in [5.41, 5.74) is 2.03. The molecule has 4 unspecified atom stereocenters. The average Bonchev–Trinajstić information content (AvgIpc) is 3.45. The molecule has 4 N–H and O–H groups in total. The fourth-order valence-electron chi connectivity index (χ4n) is 10.7. The molecule has 1 aromatic carbocycles. The molecule has 38 heavy (non-hydrogen) atoms. The highest BCUT2D eigenvalue weighted by Gasteiger charge is 2.64. The maximum atomic E-state index is 11.9. The molecule has 4 aliphatic carbocycles. The number of hydrogen-bond acceptors (Lipinski definition) is 4. The number of carboxylic acids is 1. The maximum Gasteiger partial charge on any atom is 0.337 e. The summed E-state index contributed by atoms with van der Waals surface area (Å²) in [6.07, 6.45) is 8.97. The van der Waals surface area contributed by atoms with Gasteiger partial charge in [-0.1, -0.05) is 40.2 Å². The second kappa shape index (κ2) is 9.33. The molecular weight excluding hydrogens is 476 g/mol. The second-order valence-corrected chi connectivity index (χ2v) is 14.0. The van der Waals surface area contributed by atoms with Crippen molar-refractivity contribution < 1.29 is 20.1 Å². The summed E-state index contributed by atoms with van der Waals surface area (Å²) >= 11 is 0. The fourth-order valence-corrected chi connectivity index (χ4v) is 10.7. The molecule has 4 fully saturated rings. The number of rotatable bonds is 5. The van der Waals surface area contributed by atoms with Crippen LogP contribution in [0.3, 0.4) is 0 Å². The summed E-state index contributed by atoms with van der Waals surface area (Å²) in [4.78, 5) is 19.8. The molecule has 6 heteroatoms. The van der Waals surface area contributed by atoms with E-state index < -0.39 is 5.97 Å². The van der Waals surface area contributed by atoms with E-state index in [4.69, 9.17) is 4.98 Å². The molecule has 0 radical (unpaired) electrons. The van der Waals surface area contributed by atoms with Gasteiger partial charge in [0.05, 0.1) is 23.3 Å². The molecule has 1 heterocycles. The van der Waals surface area contributed by atoms with Gasteiger partial charge in [0.15, 0.2) is 0 Å². The van der Waals surface area contributed by atoms with Crippen LogP contribution < -0.4 is 0 Å². The Morgan fingerprint density at radius 1 is 1.08 bits per heavy atom. The number of aromatic carboxylic acids is 1. The van der Waals surface area contributed by atoms with Crippen LogP contribution in [0.15, 0.2) is 18.2 Å². The number of nitrogens with one attached hydrogen (secondary N) is 1. The van der Waals surface area contributed by atoms with Crippen LogP contribution in [-0.2, 0) is 6.42 Å². The molecule has 208 valence electrons. The predicted octanol–water partition coefficient (Wildman–Crippen LogP) is 6.07. The molecular formula is C32H46N2O4. The Kier molecular flexibility index (Phi) is 6.46. The van der Waals surface area contributed by atoms with Crippen molar-refractivity contribution in [3.05, 3.63) is 29.6 Å². The molecule has 11 atom stereocenters. The second-order valence-electron chi connectivity index (χ2n) is 14.0. The van der Waals surface area contributed by atoms with Gasteiger partial charge in [-0.15, -0.1) is 0 Å². The summed E-state index contributed by atoms with van der Waals surface area (Å²) in [6, 6.07) is 5.30. The van der Waals surface area contributed by atoms with Crippen molar-refractivity contribution in [2.75, 3.05) is 0 Å². The third-order valence-electron chi connectivity index (χ3n) is 12.5. The van der Waals surface area contributed by atoms with E-state index in [1.54, 1.807) is 12.1 Å². The van der Waals surface area contributed by atoms with Crippen molar-refractivity contribution in [2.45, 2.75) is 97.7 Å². The van der Waals surface area contributed by atoms with Crippen molar-refractivity contribution in [3.8, 4) is 0 Å². The van der Waals surface area contributed by atoms with Crippen LogP contribution in [0, 0.1) is 52.3 Å². The Balaban J connectivity index is 1.26. The number of benzene rings is 1. The first-order chi connectivity index (χ1) is 18.1. The summed E-state index contributed by atoms with van der Waals surface area (Å²) in [5, 5.41) is 32.0. The van der Waals surface area contributed by atoms with Gasteiger partial charge >= 0.3 is 5.97 Å². The lowest BCUT2D eigenvalue weighted by molar-refractivity contribution is -0.203. The lowest BCUT2D eigenvalue weighted by Crippen LogP contribution is -2.62. The molecule has 0 saturated heterocycles. The van der Waals surface area contributed by atoms with Crippen LogP contribution in [0.25, 0.3) is 11.0 Å². The largest absolute Gasteiger partial charge is 0.478 e. The summed E-state index contributed by atoms with van der Waals surface area (Å²) < 4.78 is 0. The Hall–Kier alpha value is -1.92. The number of para-hydroxylation sites is 1. The highest BCUT2D eigenvalue weighted by molar-refractivity contribution is 6.00. The van der Waals surface area contributed by atoms with Crippen LogP contribution in [0.2, 0.25) is 0 Å². The molecule has 2 aromatic rings. The van der Waals surface area contributed by atoms with Crippen molar-refractivity contribution in [3.63, 3.8) is 0 Å². The van der Waals surface area contributed by atoms with E-state index in [1.165, 1.54) is 25.7 Å². The van der Waals surface area contributed by atoms with Gasteiger partial charge in [0, 0.05) is 6.42 Å². The lowest BCUT2D eigenvalue weighted by Gasteiger charge is -2.64. The number of carboxylic acid groups (broad SMARTS) is 1. The number of fused-ring (bicyclic) bond motifs is 6. The molecule has 4 aliphatic rings. The van der Waals surface area contributed by atoms with Gasteiger partial charge in [0.25, 0.3) is 0 Å². The van der Waals surface area contributed by atoms with Gasteiger partial charge in [-0.05, 0) is 109 Å². The van der Waals surface area contributed by atoms with Crippen LogP contribution in [0.5, 0.6) is 0 Å². The van der Waals surface area contributed by atoms with Gasteiger partial charge in [-0.3, -0.25) is 0 Å². The number of imidazole rings is 1. The summed E-state index contributed by atoms with van der Waals surface area (Å²) in [6.45, 7) is 9.60.